The number of ether oxygens (including phenoxy) is 1. The average Bonchev–Trinajstić information content (AvgIpc) is 2.48. The van der Waals surface area contributed by atoms with Gasteiger partial charge < -0.3 is 15.4 Å². The van der Waals surface area contributed by atoms with E-state index in [1.165, 1.54) is 0 Å². The second-order valence-corrected chi connectivity index (χ2v) is 4.45. The maximum atomic E-state index is 12.1. The fraction of sp³-hybridized carbons (Fsp3) is 0.188. The summed E-state index contributed by atoms with van der Waals surface area (Å²) >= 11 is 0. The zero-order valence-electron chi connectivity index (χ0n) is 11.6. The molecule has 0 aliphatic carbocycles. The number of nitrogens with one attached hydrogen (secondary N) is 2. The smallest absolute Gasteiger partial charge is 0.246 e. The van der Waals surface area contributed by atoms with Crippen molar-refractivity contribution in [2.45, 2.75) is 13.0 Å². The molecule has 1 amide bonds. The molecule has 0 saturated carbocycles. The number of para-hydroxylation sites is 1. The average molecular weight is 270 g/mol. The first-order chi connectivity index (χ1) is 9.69. The van der Waals surface area contributed by atoms with E-state index in [9.17, 15) is 4.79 Å². The molecule has 4 nitrogen and oxygen atoms in total. The molecule has 0 spiro atoms. The number of amides is 1. The third-order valence-corrected chi connectivity index (χ3v) is 2.89. The minimum Gasteiger partial charge on any atom is -0.497 e. The molecule has 2 N–H and O–H groups in total. The fourth-order valence-electron chi connectivity index (χ4n) is 1.80. The zero-order valence-corrected chi connectivity index (χ0v) is 11.6. The lowest BCUT2D eigenvalue weighted by Crippen LogP contribution is -2.31. The van der Waals surface area contributed by atoms with Crippen LogP contribution >= 0.6 is 0 Å². The van der Waals surface area contributed by atoms with Crippen molar-refractivity contribution in [1.82, 2.24) is 0 Å². The van der Waals surface area contributed by atoms with Crippen molar-refractivity contribution in [3.05, 3.63) is 54.6 Å². The Kier molecular flexibility index (Phi) is 4.60. The maximum Gasteiger partial charge on any atom is 0.246 e. The van der Waals surface area contributed by atoms with Gasteiger partial charge in [-0.25, -0.2) is 0 Å². The van der Waals surface area contributed by atoms with Crippen molar-refractivity contribution in [3.63, 3.8) is 0 Å². The normalized spacial score (nSPS) is 11.5. The number of carbonyl (C=O) groups excluding carboxylic acids is 1. The number of methoxy groups -OCH3 is 1. The topological polar surface area (TPSA) is 50.4 Å². The van der Waals surface area contributed by atoms with E-state index in [2.05, 4.69) is 10.6 Å². The number of carbonyl (C=O) groups is 1. The van der Waals surface area contributed by atoms with Crippen LogP contribution in [-0.4, -0.2) is 19.1 Å². The molecule has 0 heterocycles. The zero-order chi connectivity index (χ0) is 14.4. The van der Waals surface area contributed by atoms with Crippen LogP contribution in [0.2, 0.25) is 0 Å². The van der Waals surface area contributed by atoms with Gasteiger partial charge in [-0.3, -0.25) is 4.79 Å². The second-order valence-electron chi connectivity index (χ2n) is 4.45. The maximum absolute atomic E-state index is 12.1. The molecule has 104 valence electrons. The van der Waals surface area contributed by atoms with Crippen LogP contribution in [0.3, 0.4) is 0 Å². The number of hydrogen-bond donors (Lipinski definition) is 2. The predicted octanol–water partition coefficient (Wildman–Crippen LogP) is 3.13. The van der Waals surface area contributed by atoms with Crippen molar-refractivity contribution >= 4 is 17.3 Å². The van der Waals surface area contributed by atoms with E-state index in [1.54, 1.807) is 13.2 Å². The summed E-state index contributed by atoms with van der Waals surface area (Å²) in [6.45, 7) is 1.82. The Labute approximate surface area is 118 Å². The molecule has 2 aromatic carbocycles. The number of anilines is 2. The SMILES string of the molecule is COc1cccc(NC(=O)C(C)Nc2ccccc2)c1. The standard InChI is InChI=1S/C16H18N2O2/c1-12(17-13-7-4-3-5-8-13)16(19)18-14-9-6-10-15(11-14)20-2/h3-12,17H,1-2H3,(H,18,19). The summed E-state index contributed by atoms with van der Waals surface area (Å²) in [4.78, 5) is 12.1. The van der Waals surface area contributed by atoms with Gasteiger partial charge in [0.05, 0.1) is 7.11 Å². The van der Waals surface area contributed by atoms with Crippen LogP contribution in [0, 0.1) is 0 Å². The first kappa shape index (κ1) is 13.9. The van der Waals surface area contributed by atoms with Gasteiger partial charge in [-0.2, -0.15) is 0 Å². The number of hydrogen-bond acceptors (Lipinski definition) is 3. The van der Waals surface area contributed by atoms with Gasteiger partial charge in [0.15, 0.2) is 0 Å². The van der Waals surface area contributed by atoms with E-state index in [-0.39, 0.29) is 11.9 Å². The monoisotopic (exact) mass is 270 g/mol. The van der Waals surface area contributed by atoms with Crippen LogP contribution in [0.4, 0.5) is 11.4 Å². The third-order valence-electron chi connectivity index (χ3n) is 2.89. The highest BCUT2D eigenvalue weighted by Gasteiger charge is 2.12. The van der Waals surface area contributed by atoms with Crippen LogP contribution in [0.5, 0.6) is 5.75 Å². The molecular formula is C16H18N2O2. The number of rotatable bonds is 5. The highest BCUT2D eigenvalue weighted by atomic mass is 16.5. The summed E-state index contributed by atoms with van der Waals surface area (Å²) in [6.07, 6.45) is 0. The van der Waals surface area contributed by atoms with E-state index >= 15 is 0 Å². The Hall–Kier alpha value is -2.49. The molecule has 0 saturated heterocycles. The highest BCUT2D eigenvalue weighted by Crippen LogP contribution is 2.17. The van der Waals surface area contributed by atoms with Crippen LogP contribution in [0.15, 0.2) is 54.6 Å². The van der Waals surface area contributed by atoms with Crippen LogP contribution in [0.1, 0.15) is 6.92 Å². The van der Waals surface area contributed by atoms with E-state index in [0.29, 0.717) is 5.75 Å². The van der Waals surface area contributed by atoms with E-state index in [0.717, 1.165) is 11.4 Å². The van der Waals surface area contributed by atoms with Crippen molar-refractivity contribution in [2.75, 3.05) is 17.7 Å². The van der Waals surface area contributed by atoms with E-state index in [1.807, 2.05) is 55.5 Å². The van der Waals surface area contributed by atoms with Crippen molar-refractivity contribution in [3.8, 4) is 5.75 Å². The van der Waals surface area contributed by atoms with Crippen molar-refractivity contribution in [1.29, 1.82) is 0 Å². The van der Waals surface area contributed by atoms with Crippen LogP contribution in [-0.2, 0) is 4.79 Å². The van der Waals surface area contributed by atoms with Gasteiger partial charge in [0, 0.05) is 17.4 Å². The van der Waals surface area contributed by atoms with Gasteiger partial charge in [-0.1, -0.05) is 24.3 Å². The van der Waals surface area contributed by atoms with Gasteiger partial charge in [0.25, 0.3) is 0 Å². The molecule has 0 fully saturated rings. The van der Waals surface area contributed by atoms with Gasteiger partial charge in [-0.05, 0) is 31.2 Å². The van der Waals surface area contributed by atoms with E-state index in [4.69, 9.17) is 4.74 Å². The minimum atomic E-state index is -0.330. The van der Waals surface area contributed by atoms with Crippen molar-refractivity contribution < 1.29 is 9.53 Å². The molecule has 4 heteroatoms. The number of benzene rings is 2. The summed E-state index contributed by atoms with van der Waals surface area (Å²) in [5.74, 6) is 0.619. The first-order valence-electron chi connectivity index (χ1n) is 6.45. The summed E-state index contributed by atoms with van der Waals surface area (Å²) < 4.78 is 5.13. The Balaban J connectivity index is 1.97. The highest BCUT2D eigenvalue weighted by molar-refractivity contribution is 5.96. The second kappa shape index (κ2) is 6.61. The third kappa shape index (κ3) is 3.75. The van der Waals surface area contributed by atoms with Crippen LogP contribution < -0.4 is 15.4 Å². The van der Waals surface area contributed by atoms with Gasteiger partial charge in [0.2, 0.25) is 5.91 Å². The first-order valence-corrected chi connectivity index (χ1v) is 6.45. The molecule has 0 aromatic heterocycles. The Morgan fingerprint density at radius 3 is 2.45 bits per heavy atom. The Morgan fingerprint density at radius 2 is 1.75 bits per heavy atom. The molecule has 0 radical (unpaired) electrons. The fourth-order valence-corrected chi connectivity index (χ4v) is 1.80. The molecule has 0 bridgehead atoms. The van der Waals surface area contributed by atoms with Crippen LogP contribution in [0.25, 0.3) is 0 Å². The molecule has 20 heavy (non-hydrogen) atoms. The summed E-state index contributed by atoms with van der Waals surface area (Å²) in [5.41, 5.74) is 1.64. The lowest BCUT2D eigenvalue weighted by Gasteiger charge is -2.15. The summed E-state index contributed by atoms with van der Waals surface area (Å²) in [6, 6.07) is 16.6. The Morgan fingerprint density at radius 1 is 1.05 bits per heavy atom. The molecule has 2 aromatic rings. The molecule has 1 atom stereocenters. The molecular weight excluding hydrogens is 252 g/mol. The lowest BCUT2D eigenvalue weighted by atomic mass is 10.2. The predicted molar refractivity (Wildman–Crippen MR) is 81.2 cm³/mol. The Bertz CT molecular complexity index is 570. The quantitative estimate of drug-likeness (QED) is 0.877. The summed E-state index contributed by atoms with van der Waals surface area (Å²) in [7, 11) is 1.60. The van der Waals surface area contributed by atoms with Gasteiger partial charge in [-0.15, -0.1) is 0 Å². The molecule has 1 unspecified atom stereocenters. The molecule has 0 aliphatic heterocycles. The van der Waals surface area contributed by atoms with Gasteiger partial charge >= 0.3 is 0 Å². The molecule has 0 aliphatic rings. The van der Waals surface area contributed by atoms with Crippen molar-refractivity contribution in [2.24, 2.45) is 0 Å². The lowest BCUT2D eigenvalue weighted by molar-refractivity contribution is -0.116. The largest absolute Gasteiger partial charge is 0.497 e. The van der Waals surface area contributed by atoms with E-state index < -0.39 is 0 Å². The minimum absolute atomic E-state index is 0.0953. The van der Waals surface area contributed by atoms with Gasteiger partial charge in [0.1, 0.15) is 11.8 Å². The molecule has 2 rings (SSSR count). The summed E-state index contributed by atoms with van der Waals surface area (Å²) in [5, 5.41) is 6.00.